The van der Waals surface area contributed by atoms with Crippen LogP contribution in [0.5, 0.6) is 17.2 Å². The normalized spacial score (nSPS) is 11.9. The van der Waals surface area contributed by atoms with Gasteiger partial charge in [-0.25, -0.2) is 18.4 Å². The van der Waals surface area contributed by atoms with Gasteiger partial charge in [0.2, 0.25) is 0 Å². The predicted octanol–water partition coefficient (Wildman–Crippen LogP) is 4.47. The third kappa shape index (κ3) is 5.13. The molecule has 3 rings (SSSR count). The van der Waals surface area contributed by atoms with Crippen LogP contribution >= 0.6 is 0 Å². The van der Waals surface area contributed by atoms with E-state index in [1.807, 2.05) is 0 Å². The molecule has 0 saturated heterocycles. The van der Waals surface area contributed by atoms with Crippen molar-refractivity contribution in [2.24, 2.45) is 0 Å². The molecule has 1 aromatic heterocycles. The summed E-state index contributed by atoms with van der Waals surface area (Å²) in [4.78, 5) is 8.12. The van der Waals surface area contributed by atoms with Crippen molar-refractivity contribution in [2.45, 2.75) is 25.1 Å². The van der Waals surface area contributed by atoms with Crippen molar-refractivity contribution >= 4 is 32.2 Å². The van der Waals surface area contributed by atoms with Crippen LogP contribution in [0.4, 0.5) is 24.7 Å². The van der Waals surface area contributed by atoms with Crippen LogP contribution in [0.3, 0.4) is 0 Å². The molecule has 0 radical (unpaired) electrons. The highest BCUT2D eigenvalue weighted by Crippen LogP contribution is 2.39. The molecule has 0 atom stereocenters. The van der Waals surface area contributed by atoms with Crippen molar-refractivity contribution in [3.63, 3.8) is 0 Å². The summed E-state index contributed by atoms with van der Waals surface area (Å²) in [6.07, 6.45) is -3.78. The van der Waals surface area contributed by atoms with E-state index >= 15 is 0 Å². The number of nitrogens with zero attached hydrogens (tertiary/aromatic N) is 2. The summed E-state index contributed by atoms with van der Waals surface area (Å²) in [5.41, 5.74) is 0.163. The van der Waals surface area contributed by atoms with Crippen LogP contribution in [0.1, 0.15) is 13.8 Å². The summed E-state index contributed by atoms with van der Waals surface area (Å²) < 4.78 is 78.3. The van der Waals surface area contributed by atoms with E-state index in [0.29, 0.717) is 29.0 Å². The Labute approximate surface area is 182 Å². The molecule has 0 spiro atoms. The first kappa shape index (κ1) is 23.4. The molecule has 0 unspecified atom stereocenters. The topological polar surface area (TPSA) is 99.6 Å². The largest absolute Gasteiger partial charge is 0.573 e. The minimum absolute atomic E-state index is 0.0965. The summed E-state index contributed by atoms with van der Waals surface area (Å²) in [6, 6.07) is 6.26. The van der Waals surface area contributed by atoms with Crippen LogP contribution in [-0.4, -0.2) is 44.2 Å². The molecular formula is C20H20F3N3O5S. The monoisotopic (exact) mass is 471 g/mol. The van der Waals surface area contributed by atoms with E-state index < -0.39 is 21.9 Å². The van der Waals surface area contributed by atoms with E-state index in [-0.39, 0.29) is 22.2 Å². The second-order valence-electron chi connectivity index (χ2n) is 6.41. The number of halogens is 3. The maximum absolute atomic E-state index is 12.9. The number of rotatable bonds is 8. The lowest BCUT2D eigenvalue weighted by atomic mass is 10.2. The molecular weight excluding hydrogens is 451 g/mol. The zero-order valence-corrected chi connectivity index (χ0v) is 18.2. The average Bonchev–Trinajstić information content (AvgIpc) is 2.73. The fourth-order valence-corrected chi connectivity index (χ4v) is 3.83. The van der Waals surface area contributed by atoms with Crippen molar-refractivity contribution in [2.75, 3.05) is 24.8 Å². The predicted molar refractivity (Wildman–Crippen MR) is 111 cm³/mol. The van der Waals surface area contributed by atoms with Crippen LogP contribution in [0, 0.1) is 0 Å². The van der Waals surface area contributed by atoms with Gasteiger partial charge in [-0.05, 0) is 25.1 Å². The maximum atomic E-state index is 12.9. The van der Waals surface area contributed by atoms with Crippen LogP contribution in [0.2, 0.25) is 0 Å². The van der Waals surface area contributed by atoms with E-state index in [9.17, 15) is 21.6 Å². The van der Waals surface area contributed by atoms with Gasteiger partial charge in [0, 0.05) is 12.1 Å². The Balaban J connectivity index is 2.19. The van der Waals surface area contributed by atoms with E-state index in [4.69, 9.17) is 9.47 Å². The first-order chi connectivity index (χ1) is 15.1. The number of nitrogens with one attached hydrogen (secondary N) is 1. The minimum atomic E-state index is -4.99. The summed E-state index contributed by atoms with van der Waals surface area (Å²) in [7, 11) is -2.22. The van der Waals surface area contributed by atoms with Crippen molar-refractivity contribution in [3.8, 4) is 17.2 Å². The number of methoxy groups -OCH3 is 1. The average molecular weight is 471 g/mol. The van der Waals surface area contributed by atoms with Crippen LogP contribution in [-0.2, 0) is 9.84 Å². The van der Waals surface area contributed by atoms with Gasteiger partial charge in [-0.3, -0.25) is 0 Å². The molecule has 0 amide bonds. The summed E-state index contributed by atoms with van der Waals surface area (Å²) in [5.74, 6) is 0.0460. The van der Waals surface area contributed by atoms with E-state index in [0.717, 1.165) is 18.2 Å². The van der Waals surface area contributed by atoms with Gasteiger partial charge >= 0.3 is 6.36 Å². The molecule has 12 heteroatoms. The summed E-state index contributed by atoms with van der Waals surface area (Å²) in [5, 5.41) is 3.12. The molecule has 172 valence electrons. The van der Waals surface area contributed by atoms with Crippen molar-refractivity contribution < 1.29 is 35.8 Å². The number of alkyl halides is 3. The fraction of sp³-hybridized carbons (Fsp3) is 0.300. The number of anilines is 2. The van der Waals surface area contributed by atoms with E-state index in [2.05, 4.69) is 20.0 Å². The molecule has 0 fully saturated rings. The fourth-order valence-electron chi connectivity index (χ4n) is 2.92. The molecule has 3 aromatic rings. The molecule has 0 bridgehead atoms. The molecule has 0 aliphatic heterocycles. The van der Waals surface area contributed by atoms with Crippen molar-refractivity contribution in [3.05, 3.63) is 36.7 Å². The summed E-state index contributed by atoms with van der Waals surface area (Å²) in [6.45, 7) is 3.49. The van der Waals surface area contributed by atoms with Crippen molar-refractivity contribution in [1.82, 2.24) is 9.97 Å². The zero-order valence-electron chi connectivity index (χ0n) is 17.4. The Bertz CT molecular complexity index is 1230. The number of sulfone groups is 1. The first-order valence-electron chi connectivity index (χ1n) is 9.43. The second kappa shape index (κ2) is 9.07. The molecule has 0 aliphatic carbocycles. The van der Waals surface area contributed by atoms with Crippen LogP contribution in [0.15, 0.2) is 41.6 Å². The standard InChI is InChI=1S/C20H20F3N3O5S/c1-4-30-17-9-12(29-3)8-15-18(17)19(25-11-24-15)26-14-10-13(32(27,28)5-2)6-7-16(14)31-20(21,22)23/h6-11H,4-5H2,1-3H3,(H,24,25,26). The minimum Gasteiger partial charge on any atom is -0.497 e. The number of hydrogen-bond acceptors (Lipinski definition) is 8. The van der Waals surface area contributed by atoms with Crippen LogP contribution < -0.4 is 19.5 Å². The Morgan fingerprint density at radius 1 is 1.06 bits per heavy atom. The lowest BCUT2D eigenvalue weighted by Crippen LogP contribution is -2.18. The van der Waals surface area contributed by atoms with Gasteiger partial charge in [0.15, 0.2) is 15.6 Å². The van der Waals surface area contributed by atoms with Crippen molar-refractivity contribution in [1.29, 1.82) is 0 Å². The second-order valence-corrected chi connectivity index (χ2v) is 8.69. The number of fused-ring (bicyclic) bond motifs is 1. The first-order valence-corrected chi connectivity index (χ1v) is 11.1. The number of hydrogen-bond donors (Lipinski definition) is 1. The Morgan fingerprint density at radius 2 is 1.81 bits per heavy atom. The molecule has 2 aromatic carbocycles. The number of ether oxygens (including phenoxy) is 3. The highest BCUT2D eigenvalue weighted by molar-refractivity contribution is 7.91. The number of aromatic nitrogens is 2. The Hall–Kier alpha value is -3.28. The molecule has 8 nitrogen and oxygen atoms in total. The van der Waals surface area contributed by atoms with Gasteiger partial charge < -0.3 is 19.5 Å². The zero-order chi connectivity index (χ0) is 23.5. The lowest BCUT2D eigenvalue weighted by Gasteiger charge is -2.17. The third-order valence-electron chi connectivity index (χ3n) is 4.38. The lowest BCUT2D eigenvalue weighted by molar-refractivity contribution is -0.274. The highest BCUT2D eigenvalue weighted by atomic mass is 32.2. The smallest absolute Gasteiger partial charge is 0.497 e. The summed E-state index contributed by atoms with van der Waals surface area (Å²) >= 11 is 0. The van der Waals surface area contributed by atoms with Gasteiger partial charge in [-0.15, -0.1) is 13.2 Å². The Morgan fingerprint density at radius 3 is 2.44 bits per heavy atom. The molecule has 0 saturated carbocycles. The molecule has 0 aliphatic rings. The van der Waals surface area contributed by atoms with E-state index in [1.165, 1.54) is 20.4 Å². The van der Waals surface area contributed by atoms with Gasteiger partial charge in [0.1, 0.15) is 23.6 Å². The van der Waals surface area contributed by atoms with Gasteiger partial charge in [-0.1, -0.05) is 6.92 Å². The molecule has 32 heavy (non-hydrogen) atoms. The Kier molecular flexibility index (Phi) is 6.63. The quantitative estimate of drug-likeness (QED) is 0.514. The highest BCUT2D eigenvalue weighted by Gasteiger charge is 2.33. The molecule has 1 N–H and O–H groups in total. The SMILES string of the molecule is CCOc1cc(OC)cc2ncnc(Nc3cc(S(=O)(=O)CC)ccc3OC(F)(F)F)c12. The van der Waals surface area contributed by atoms with Crippen LogP contribution in [0.25, 0.3) is 10.9 Å². The van der Waals surface area contributed by atoms with E-state index in [1.54, 1.807) is 19.1 Å². The van der Waals surface area contributed by atoms with Gasteiger partial charge in [0.05, 0.1) is 41.0 Å². The van der Waals surface area contributed by atoms with Gasteiger partial charge in [-0.2, -0.15) is 0 Å². The maximum Gasteiger partial charge on any atom is 0.573 e. The third-order valence-corrected chi connectivity index (χ3v) is 6.11. The molecule has 1 heterocycles. The van der Waals surface area contributed by atoms with Gasteiger partial charge in [0.25, 0.3) is 0 Å². The number of benzene rings is 2.